The highest BCUT2D eigenvalue weighted by Gasteiger charge is 2.27. The van der Waals surface area contributed by atoms with Crippen LogP contribution < -0.4 is 0 Å². The monoisotopic (exact) mass is 186 g/mol. The van der Waals surface area contributed by atoms with E-state index in [1.807, 2.05) is 30.3 Å². The molecule has 14 heavy (non-hydrogen) atoms. The van der Waals surface area contributed by atoms with Crippen LogP contribution in [0.15, 0.2) is 36.4 Å². The molecule has 70 valence electrons. The molecule has 2 aromatic carbocycles. The molecule has 2 aromatic rings. The van der Waals surface area contributed by atoms with Crippen molar-refractivity contribution in [1.29, 1.82) is 0 Å². The number of hydrogen-bond donors (Lipinski definition) is 0. The molecule has 0 radical (unpaired) electrons. The van der Waals surface area contributed by atoms with Crippen molar-refractivity contribution in [2.45, 2.75) is 18.8 Å². The summed E-state index contributed by atoms with van der Waals surface area (Å²) in [5.41, 5.74) is 0.933. The fourth-order valence-electron chi connectivity index (χ4n) is 2.06. The molecular weight excluding hydrogens is 175 g/mol. The SMILES string of the molecule is Fc1ccc2ccccc2c1C1CC1. The Hall–Kier alpha value is -1.37. The lowest BCUT2D eigenvalue weighted by molar-refractivity contribution is 0.614. The minimum absolute atomic E-state index is 0.0359. The molecule has 1 heteroatoms. The molecule has 1 saturated carbocycles. The van der Waals surface area contributed by atoms with Gasteiger partial charge in [-0.05, 0) is 41.2 Å². The van der Waals surface area contributed by atoms with Crippen molar-refractivity contribution in [2.75, 3.05) is 0 Å². The summed E-state index contributed by atoms with van der Waals surface area (Å²) in [5, 5.41) is 2.24. The molecule has 0 atom stereocenters. The third kappa shape index (κ3) is 1.12. The second kappa shape index (κ2) is 2.81. The lowest BCUT2D eigenvalue weighted by Gasteiger charge is -2.06. The fourth-order valence-corrected chi connectivity index (χ4v) is 2.06. The first-order valence-electron chi connectivity index (χ1n) is 5.03. The average molecular weight is 186 g/mol. The Balaban J connectivity index is 2.37. The first-order valence-corrected chi connectivity index (χ1v) is 5.03. The third-order valence-corrected chi connectivity index (χ3v) is 2.90. The lowest BCUT2D eigenvalue weighted by atomic mass is 10.0. The minimum Gasteiger partial charge on any atom is -0.207 e. The summed E-state index contributed by atoms with van der Waals surface area (Å²) in [6.07, 6.45) is 2.29. The lowest BCUT2D eigenvalue weighted by Crippen LogP contribution is -1.88. The van der Waals surface area contributed by atoms with Crippen molar-refractivity contribution in [3.63, 3.8) is 0 Å². The molecule has 0 aliphatic heterocycles. The van der Waals surface area contributed by atoms with E-state index in [-0.39, 0.29) is 5.82 Å². The quantitative estimate of drug-likeness (QED) is 0.634. The molecule has 1 aliphatic rings. The van der Waals surface area contributed by atoms with Crippen LogP contribution in [0.2, 0.25) is 0 Å². The predicted octanol–water partition coefficient (Wildman–Crippen LogP) is 3.86. The number of halogens is 1. The molecule has 0 unspecified atom stereocenters. The summed E-state index contributed by atoms with van der Waals surface area (Å²) in [5.74, 6) is 0.437. The van der Waals surface area contributed by atoms with E-state index in [2.05, 4.69) is 0 Å². The number of fused-ring (bicyclic) bond motifs is 1. The number of hydrogen-bond acceptors (Lipinski definition) is 0. The van der Waals surface area contributed by atoms with E-state index in [1.54, 1.807) is 6.07 Å². The van der Waals surface area contributed by atoms with Crippen LogP contribution in [-0.2, 0) is 0 Å². The van der Waals surface area contributed by atoms with Gasteiger partial charge in [-0.2, -0.15) is 0 Å². The molecule has 0 bridgehead atoms. The first-order chi connectivity index (χ1) is 6.86. The summed E-state index contributed by atoms with van der Waals surface area (Å²) in [7, 11) is 0. The summed E-state index contributed by atoms with van der Waals surface area (Å²) < 4.78 is 13.6. The van der Waals surface area contributed by atoms with Crippen LogP contribution in [0.3, 0.4) is 0 Å². The fraction of sp³-hybridized carbons (Fsp3) is 0.231. The second-order valence-electron chi connectivity index (χ2n) is 3.96. The summed E-state index contributed by atoms with van der Waals surface area (Å²) in [6.45, 7) is 0. The molecule has 3 rings (SSSR count). The Morgan fingerprint density at radius 3 is 2.57 bits per heavy atom. The van der Waals surface area contributed by atoms with Gasteiger partial charge >= 0.3 is 0 Å². The van der Waals surface area contributed by atoms with E-state index >= 15 is 0 Å². The van der Waals surface area contributed by atoms with Crippen molar-refractivity contribution in [1.82, 2.24) is 0 Å². The Kier molecular flexibility index (Phi) is 1.60. The Morgan fingerprint density at radius 2 is 1.79 bits per heavy atom. The zero-order valence-electron chi connectivity index (χ0n) is 7.83. The van der Waals surface area contributed by atoms with Crippen molar-refractivity contribution in [2.24, 2.45) is 0 Å². The molecule has 0 amide bonds. The van der Waals surface area contributed by atoms with Gasteiger partial charge in [-0.1, -0.05) is 30.3 Å². The normalized spacial score (nSPS) is 16.1. The van der Waals surface area contributed by atoms with Gasteiger partial charge in [-0.3, -0.25) is 0 Å². The topological polar surface area (TPSA) is 0 Å². The van der Waals surface area contributed by atoms with E-state index in [1.165, 1.54) is 0 Å². The van der Waals surface area contributed by atoms with Crippen LogP contribution in [0, 0.1) is 5.82 Å². The number of benzene rings is 2. The highest BCUT2D eigenvalue weighted by atomic mass is 19.1. The molecular formula is C13H11F. The summed E-state index contributed by atoms with van der Waals surface area (Å²) in [4.78, 5) is 0. The standard InChI is InChI=1S/C13H11F/c14-12-8-7-9-3-1-2-4-11(9)13(12)10-5-6-10/h1-4,7-8,10H,5-6H2. The summed E-state index contributed by atoms with van der Waals surface area (Å²) in [6, 6.07) is 11.5. The first kappa shape index (κ1) is 7.98. The van der Waals surface area contributed by atoms with Gasteiger partial charge in [0.05, 0.1) is 0 Å². The molecule has 0 nitrogen and oxygen atoms in total. The van der Waals surface area contributed by atoms with Crippen molar-refractivity contribution < 1.29 is 4.39 Å². The van der Waals surface area contributed by atoms with Crippen LogP contribution in [0.4, 0.5) is 4.39 Å². The Morgan fingerprint density at radius 1 is 1.00 bits per heavy atom. The van der Waals surface area contributed by atoms with E-state index in [0.717, 1.165) is 29.2 Å². The minimum atomic E-state index is -0.0359. The predicted molar refractivity (Wildman–Crippen MR) is 55.9 cm³/mol. The van der Waals surface area contributed by atoms with Gasteiger partial charge in [0.25, 0.3) is 0 Å². The van der Waals surface area contributed by atoms with Gasteiger partial charge in [0.2, 0.25) is 0 Å². The van der Waals surface area contributed by atoms with Gasteiger partial charge in [-0.25, -0.2) is 4.39 Å². The van der Waals surface area contributed by atoms with Crippen LogP contribution in [0.5, 0.6) is 0 Å². The molecule has 0 aromatic heterocycles. The van der Waals surface area contributed by atoms with Crippen molar-refractivity contribution in [3.8, 4) is 0 Å². The molecule has 1 fully saturated rings. The zero-order chi connectivity index (χ0) is 9.54. The molecule has 0 heterocycles. The average Bonchev–Trinajstić information content (AvgIpc) is 3.01. The van der Waals surface area contributed by atoms with Gasteiger partial charge in [0, 0.05) is 0 Å². The summed E-state index contributed by atoms with van der Waals surface area (Å²) >= 11 is 0. The molecule has 0 N–H and O–H groups in total. The zero-order valence-corrected chi connectivity index (χ0v) is 7.83. The Bertz CT molecular complexity index is 484. The van der Waals surface area contributed by atoms with E-state index in [9.17, 15) is 4.39 Å². The highest BCUT2D eigenvalue weighted by molar-refractivity contribution is 5.86. The van der Waals surface area contributed by atoms with Crippen molar-refractivity contribution >= 4 is 10.8 Å². The highest BCUT2D eigenvalue weighted by Crippen LogP contribution is 2.44. The number of rotatable bonds is 1. The maximum absolute atomic E-state index is 13.6. The van der Waals surface area contributed by atoms with Crippen LogP contribution in [0.1, 0.15) is 24.3 Å². The van der Waals surface area contributed by atoms with Crippen molar-refractivity contribution in [3.05, 3.63) is 47.8 Å². The van der Waals surface area contributed by atoms with Crippen LogP contribution in [-0.4, -0.2) is 0 Å². The molecule has 0 saturated heterocycles. The third-order valence-electron chi connectivity index (χ3n) is 2.90. The van der Waals surface area contributed by atoms with Gasteiger partial charge in [0.15, 0.2) is 0 Å². The maximum atomic E-state index is 13.6. The smallest absolute Gasteiger partial charge is 0.127 e. The van der Waals surface area contributed by atoms with E-state index < -0.39 is 0 Å². The maximum Gasteiger partial charge on any atom is 0.127 e. The molecule has 1 aliphatic carbocycles. The Labute approximate surface area is 82.4 Å². The van der Waals surface area contributed by atoms with Gasteiger partial charge < -0.3 is 0 Å². The largest absolute Gasteiger partial charge is 0.207 e. The van der Waals surface area contributed by atoms with Crippen LogP contribution >= 0.6 is 0 Å². The van der Waals surface area contributed by atoms with Crippen LogP contribution in [0.25, 0.3) is 10.8 Å². The van der Waals surface area contributed by atoms with E-state index in [0.29, 0.717) is 5.92 Å². The van der Waals surface area contributed by atoms with Gasteiger partial charge in [-0.15, -0.1) is 0 Å². The van der Waals surface area contributed by atoms with E-state index in [4.69, 9.17) is 0 Å². The molecule has 0 spiro atoms. The second-order valence-corrected chi connectivity index (χ2v) is 3.96. The van der Waals surface area contributed by atoms with Gasteiger partial charge in [0.1, 0.15) is 5.82 Å².